The van der Waals surface area contributed by atoms with E-state index in [1.54, 1.807) is 16.8 Å². The SMILES string of the molecule is Cl.NCCC(=O)Nc1cccc(Cn2cc(-c3ccc4cn[nH]c4c3)ccc2=O)c1. The summed E-state index contributed by atoms with van der Waals surface area (Å²) < 4.78 is 1.66. The first-order valence-electron chi connectivity index (χ1n) is 9.35. The van der Waals surface area contributed by atoms with Crippen LogP contribution in [0.3, 0.4) is 0 Å². The van der Waals surface area contributed by atoms with Gasteiger partial charge >= 0.3 is 0 Å². The molecule has 0 bridgehead atoms. The second-order valence-corrected chi connectivity index (χ2v) is 6.84. The molecule has 0 aliphatic heterocycles. The number of rotatable bonds is 6. The summed E-state index contributed by atoms with van der Waals surface area (Å²) in [5.74, 6) is -0.127. The molecule has 0 radical (unpaired) electrons. The Hall–Kier alpha value is -3.42. The van der Waals surface area contributed by atoms with E-state index in [9.17, 15) is 9.59 Å². The fraction of sp³-hybridized carbons (Fsp3) is 0.136. The molecule has 0 atom stereocenters. The quantitative estimate of drug-likeness (QED) is 0.443. The van der Waals surface area contributed by atoms with Crippen LogP contribution in [0.15, 0.2) is 71.8 Å². The lowest BCUT2D eigenvalue weighted by Gasteiger charge is -2.11. The summed E-state index contributed by atoms with van der Waals surface area (Å²) in [6, 6.07) is 16.9. The molecule has 30 heavy (non-hydrogen) atoms. The number of amides is 1. The van der Waals surface area contributed by atoms with E-state index >= 15 is 0 Å². The van der Waals surface area contributed by atoms with Gasteiger partial charge in [-0.3, -0.25) is 14.7 Å². The van der Waals surface area contributed by atoms with E-state index in [0.29, 0.717) is 18.8 Å². The van der Waals surface area contributed by atoms with Crippen molar-refractivity contribution in [1.29, 1.82) is 0 Å². The molecule has 0 spiro atoms. The van der Waals surface area contributed by atoms with Crippen LogP contribution in [0.25, 0.3) is 22.0 Å². The van der Waals surface area contributed by atoms with Crippen LogP contribution in [0.5, 0.6) is 0 Å². The minimum absolute atomic E-state index is 0. The van der Waals surface area contributed by atoms with Gasteiger partial charge in [0.1, 0.15) is 0 Å². The maximum absolute atomic E-state index is 12.4. The predicted molar refractivity (Wildman–Crippen MR) is 121 cm³/mol. The fourth-order valence-corrected chi connectivity index (χ4v) is 3.24. The Bertz CT molecular complexity index is 1230. The van der Waals surface area contributed by atoms with Crippen molar-refractivity contribution < 1.29 is 4.79 Å². The van der Waals surface area contributed by atoms with Gasteiger partial charge in [-0.15, -0.1) is 12.4 Å². The predicted octanol–water partition coefficient (Wildman–Crippen LogP) is 3.15. The number of nitrogens with one attached hydrogen (secondary N) is 2. The van der Waals surface area contributed by atoms with E-state index in [-0.39, 0.29) is 30.3 Å². The number of aromatic amines is 1. The van der Waals surface area contributed by atoms with Gasteiger partial charge in [-0.2, -0.15) is 5.10 Å². The molecule has 0 saturated carbocycles. The largest absolute Gasteiger partial charge is 0.330 e. The van der Waals surface area contributed by atoms with E-state index < -0.39 is 0 Å². The number of nitrogens with zero attached hydrogens (tertiary/aromatic N) is 2. The van der Waals surface area contributed by atoms with E-state index in [4.69, 9.17) is 5.73 Å². The first-order valence-corrected chi connectivity index (χ1v) is 9.35. The van der Waals surface area contributed by atoms with Gasteiger partial charge in [0, 0.05) is 36.3 Å². The molecule has 0 saturated heterocycles. The summed E-state index contributed by atoms with van der Waals surface area (Å²) in [4.78, 5) is 24.1. The number of benzene rings is 2. The summed E-state index contributed by atoms with van der Waals surface area (Å²) >= 11 is 0. The monoisotopic (exact) mass is 423 g/mol. The molecule has 4 rings (SSSR count). The summed E-state index contributed by atoms with van der Waals surface area (Å²) in [7, 11) is 0. The lowest BCUT2D eigenvalue weighted by Crippen LogP contribution is -2.19. The Morgan fingerprint density at radius 2 is 1.93 bits per heavy atom. The lowest BCUT2D eigenvalue weighted by molar-refractivity contribution is -0.116. The van der Waals surface area contributed by atoms with Crippen molar-refractivity contribution in [1.82, 2.24) is 14.8 Å². The van der Waals surface area contributed by atoms with Crippen LogP contribution in [-0.2, 0) is 11.3 Å². The Kier molecular flexibility index (Phi) is 6.66. The van der Waals surface area contributed by atoms with Crippen LogP contribution in [0, 0.1) is 0 Å². The molecule has 0 unspecified atom stereocenters. The molecule has 154 valence electrons. The van der Waals surface area contributed by atoms with Crippen LogP contribution in [0.1, 0.15) is 12.0 Å². The highest BCUT2D eigenvalue weighted by Crippen LogP contribution is 2.22. The van der Waals surface area contributed by atoms with Crippen molar-refractivity contribution in [2.75, 3.05) is 11.9 Å². The first kappa shape index (κ1) is 21.3. The van der Waals surface area contributed by atoms with E-state index in [2.05, 4.69) is 15.5 Å². The minimum atomic E-state index is -0.127. The molecule has 8 heteroatoms. The Balaban J connectivity index is 0.00000256. The zero-order valence-electron chi connectivity index (χ0n) is 16.2. The standard InChI is InChI=1S/C22H21N5O2.ClH/c23-9-8-21(28)25-19-3-1-2-15(10-19)13-27-14-18(6-7-22(27)29)16-4-5-17-12-24-26-20(17)11-16;/h1-7,10-12,14H,8-9,13,23H2,(H,24,26)(H,25,28);1H. The number of carbonyl (C=O) groups is 1. The smallest absolute Gasteiger partial charge is 0.250 e. The zero-order chi connectivity index (χ0) is 20.2. The number of pyridine rings is 1. The van der Waals surface area contributed by atoms with Crippen molar-refractivity contribution in [2.24, 2.45) is 5.73 Å². The van der Waals surface area contributed by atoms with Crippen molar-refractivity contribution in [2.45, 2.75) is 13.0 Å². The minimum Gasteiger partial charge on any atom is -0.330 e. The van der Waals surface area contributed by atoms with Gasteiger partial charge in [0.25, 0.3) is 5.56 Å². The number of nitrogens with two attached hydrogens (primary N) is 1. The second-order valence-electron chi connectivity index (χ2n) is 6.84. The average molecular weight is 424 g/mol. The van der Waals surface area contributed by atoms with Crippen LogP contribution in [0.4, 0.5) is 5.69 Å². The Labute approximate surface area is 179 Å². The van der Waals surface area contributed by atoms with E-state index in [0.717, 1.165) is 27.6 Å². The third-order valence-corrected chi connectivity index (χ3v) is 4.69. The Morgan fingerprint density at radius 3 is 2.77 bits per heavy atom. The molecule has 4 N–H and O–H groups in total. The third-order valence-electron chi connectivity index (χ3n) is 4.69. The number of hydrogen-bond acceptors (Lipinski definition) is 4. The topological polar surface area (TPSA) is 106 Å². The molecule has 0 aliphatic carbocycles. The van der Waals surface area contributed by atoms with Gasteiger partial charge in [0.05, 0.1) is 18.3 Å². The molecular weight excluding hydrogens is 402 g/mol. The number of halogens is 1. The summed E-state index contributed by atoms with van der Waals surface area (Å²) in [5, 5.41) is 10.9. The maximum atomic E-state index is 12.4. The first-order chi connectivity index (χ1) is 14.1. The van der Waals surface area contributed by atoms with Gasteiger partial charge in [-0.1, -0.05) is 24.3 Å². The molecular formula is C22H22ClN5O2. The highest BCUT2D eigenvalue weighted by Gasteiger charge is 2.06. The van der Waals surface area contributed by atoms with Gasteiger partial charge in [0.2, 0.25) is 5.91 Å². The number of fused-ring (bicyclic) bond motifs is 1. The molecule has 7 nitrogen and oxygen atoms in total. The second kappa shape index (κ2) is 9.39. The highest BCUT2D eigenvalue weighted by molar-refractivity contribution is 5.90. The van der Waals surface area contributed by atoms with Crippen LogP contribution in [0.2, 0.25) is 0 Å². The van der Waals surface area contributed by atoms with Crippen LogP contribution < -0.4 is 16.6 Å². The number of carbonyl (C=O) groups excluding carboxylic acids is 1. The zero-order valence-corrected chi connectivity index (χ0v) is 17.0. The third kappa shape index (κ3) is 4.76. The lowest BCUT2D eigenvalue weighted by atomic mass is 10.1. The van der Waals surface area contributed by atoms with Crippen molar-refractivity contribution >= 4 is 34.9 Å². The number of aromatic nitrogens is 3. The molecule has 4 aromatic rings. The van der Waals surface area contributed by atoms with Gasteiger partial charge in [-0.25, -0.2) is 0 Å². The Morgan fingerprint density at radius 1 is 1.10 bits per heavy atom. The van der Waals surface area contributed by atoms with Crippen LogP contribution >= 0.6 is 12.4 Å². The molecule has 0 fully saturated rings. The van der Waals surface area contributed by atoms with E-state index in [1.807, 2.05) is 54.7 Å². The molecule has 0 aliphatic rings. The summed E-state index contributed by atoms with van der Waals surface area (Å²) in [5.41, 5.74) is 9.81. The van der Waals surface area contributed by atoms with Gasteiger partial charge < -0.3 is 15.6 Å². The maximum Gasteiger partial charge on any atom is 0.250 e. The summed E-state index contributed by atoms with van der Waals surface area (Å²) in [6.07, 6.45) is 3.89. The van der Waals surface area contributed by atoms with Crippen molar-refractivity contribution in [3.05, 3.63) is 82.9 Å². The highest BCUT2D eigenvalue weighted by atomic mass is 35.5. The van der Waals surface area contributed by atoms with Crippen molar-refractivity contribution in [3.63, 3.8) is 0 Å². The molecule has 2 aromatic carbocycles. The van der Waals surface area contributed by atoms with Gasteiger partial charge in [0.15, 0.2) is 0 Å². The van der Waals surface area contributed by atoms with Crippen LogP contribution in [-0.4, -0.2) is 27.2 Å². The van der Waals surface area contributed by atoms with Crippen molar-refractivity contribution in [3.8, 4) is 11.1 Å². The number of anilines is 1. The average Bonchev–Trinajstić information content (AvgIpc) is 3.18. The molecule has 2 aromatic heterocycles. The van der Waals surface area contributed by atoms with E-state index in [1.165, 1.54) is 0 Å². The van der Waals surface area contributed by atoms with Gasteiger partial charge in [-0.05, 0) is 41.0 Å². The number of hydrogen-bond donors (Lipinski definition) is 3. The normalized spacial score (nSPS) is 10.6. The number of H-pyrrole nitrogens is 1. The summed E-state index contributed by atoms with van der Waals surface area (Å²) in [6.45, 7) is 0.706. The fourth-order valence-electron chi connectivity index (χ4n) is 3.24. The molecule has 1 amide bonds. The molecule has 2 heterocycles.